The van der Waals surface area contributed by atoms with Crippen LogP contribution in [0.2, 0.25) is 0 Å². The molecule has 0 radical (unpaired) electrons. The van der Waals surface area contributed by atoms with E-state index in [0.717, 1.165) is 19.5 Å². The summed E-state index contributed by atoms with van der Waals surface area (Å²) in [5.41, 5.74) is 5.63. The number of nitrogens with one attached hydrogen (secondary N) is 1. The minimum atomic E-state index is -3.51. The van der Waals surface area contributed by atoms with Crippen LogP contribution < -0.4 is 5.73 Å². The molecule has 0 amide bonds. The Bertz CT molecular complexity index is 555. The number of piperazine rings is 1. The number of rotatable bonds is 2. The Kier molecular flexibility index (Phi) is 3.23. The number of nitrogens with zero attached hydrogens (tertiary/aromatic N) is 3. The molecule has 3 N–H and O–H groups in total. The first kappa shape index (κ1) is 12.9. The van der Waals surface area contributed by atoms with Gasteiger partial charge in [0.15, 0.2) is 0 Å². The number of anilines is 1. The van der Waals surface area contributed by atoms with Crippen LogP contribution in [-0.4, -0.2) is 60.0 Å². The fourth-order valence-corrected chi connectivity index (χ4v) is 4.45. The number of aromatic amines is 1. The van der Waals surface area contributed by atoms with E-state index in [1.165, 1.54) is 19.0 Å². The molecule has 2 aliphatic rings. The van der Waals surface area contributed by atoms with Crippen molar-refractivity contribution in [1.82, 2.24) is 19.4 Å². The Morgan fingerprint density at radius 1 is 1.32 bits per heavy atom. The number of hydrogen-bond donors (Lipinski definition) is 2. The third-order valence-corrected chi connectivity index (χ3v) is 5.94. The molecule has 3 heterocycles. The maximum atomic E-state index is 12.5. The lowest BCUT2D eigenvalue weighted by atomic mass is 10.0. The molecule has 1 aromatic rings. The number of aromatic nitrogens is 2. The van der Waals surface area contributed by atoms with E-state index >= 15 is 0 Å². The monoisotopic (exact) mass is 285 g/mol. The van der Waals surface area contributed by atoms with E-state index in [9.17, 15) is 8.42 Å². The minimum absolute atomic E-state index is 0.0942. The molecule has 0 aromatic carbocycles. The lowest BCUT2D eigenvalue weighted by molar-refractivity contribution is 0.0852. The van der Waals surface area contributed by atoms with Crippen LogP contribution in [0.4, 0.5) is 5.82 Å². The summed E-state index contributed by atoms with van der Waals surface area (Å²) < 4.78 is 26.6. The van der Waals surface area contributed by atoms with Crippen molar-refractivity contribution in [3.05, 3.63) is 6.20 Å². The van der Waals surface area contributed by atoms with Gasteiger partial charge < -0.3 is 5.73 Å². The molecule has 1 unspecified atom stereocenters. The molecule has 3 rings (SSSR count). The molecule has 0 saturated carbocycles. The third-order valence-electron chi connectivity index (χ3n) is 4.05. The number of nitrogen functional groups attached to an aromatic ring is 1. The van der Waals surface area contributed by atoms with Gasteiger partial charge in [-0.25, -0.2) is 8.42 Å². The average Bonchev–Trinajstić information content (AvgIpc) is 2.85. The molecule has 106 valence electrons. The summed E-state index contributed by atoms with van der Waals surface area (Å²) in [6, 6.07) is 0.352. The van der Waals surface area contributed by atoms with Crippen LogP contribution in [0.1, 0.15) is 19.3 Å². The van der Waals surface area contributed by atoms with Gasteiger partial charge in [0.1, 0.15) is 10.7 Å². The SMILES string of the molecule is Nc1[nH]ncc1S(=O)(=O)N1CCN2CCCCC2C1. The number of sulfonamides is 1. The van der Waals surface area contributed by atoms with Gasteiger partial charge in [-0.1, -0.05) is 6.42 Å². The molecule has 19 heavy (non-hydrogen) atoms. The van der Waals surface area contributed by atoms with Crippen molar-refractivity contribution in [3.8, 4) is 0 Å². The maximum Gasteiger partial charge on any atom is 0.248 e. The van der Waals surface area contributed by atoms with E-state index < -0.39 is 10.0 Å². The van der Waals surface area contributed by atoms with Crippen molar-refractivity contribution < 1.29 is 8.42 Å². The average molecular weight is 285 g/mol. The van der Waals surface area contributed by atoms with Gasteiger partial charge in [0.25, 0.3) is 0 Å². The topological polar surface area (TPSA) is 95.3 Å². The fourth-order valence-electron chi connectivity index (χ4n) is 2.98. The molecule has 0 bridgehead atoms. The molecular formula is C11H19N5O2S. The molecule has 2 aliphatic heterocycles. The third kappa shape index (κ3) is 2.24. The highest BCUT2D eigenvalue weighted by atomic mass is 32.2. The highest BCUT2D eigenvalue weighted by Gasteiger charge is 2.36. The van der Waals surface area contributed by atoms with Crippen LogP contribution in [0, 0.1) is 0 Å². The maximum absolute atomic E-state index is 12.5. The van der Waals surface area contributed by atoms with Gasteiger partial charge in [0.2, 0.25) is 10.0 Å². The second kappa shape index (κ2) is 4.77. The molecule has 0 aliphatic carbocycles. The van der Waals surface area contributed by atoms with Gasteiger partial charge in [-0.15, -0.1) is 0 Å². The number of piperidine rings is 1. The standard InChI is InChI=1S/C11H19N5O2S/c12-11-10(7-13-14-11)19(17,18)16-6-5-15-4-2-1-3-9(15)8-16/h7,9H,1-6,8H2,(H3,12,13,14). The molecular weight excluding hydrogens is 266 g/mol. The smallest absolute Gasteiger partial charge is 0.248 e. The first-order chi connectivity index (χ1) is 9.09. The van der Waals surface area contributed by atoms with E-state index in [2.05, 4.69) is 15.1 Å². The van der Waals surface area contributed by atoms with Gasteiger partial charge in [-0.05, 0) is 19.4 Å². The number of nitrogens with two attached hydrogens (primary N) is 1. The van der Waals surface area contributed by atoms with Crippen LogP contribution in [-0.2, 0) is 10.0 Å². The van der Waals surface area contributed by atoms with E-state index in [4.69, 9.17) is 5.73 Å². The summed E-state index contributed by atoms with van der Waals surface area (Å²) in [6.07, 6.45) is 4.77. The van der Waals surface area contributed by atoms with E-state index in [1.54, 1.807) is 4.31 Å². The molecule has 0 spiro atoms. The number of hydrogen-bond acceptors (Lipinski definition) is 5. The number of fused-ring (bicyclic) bond motifs is 1. The summed E-state index contributed by atoms with van der Waals surface area (Å²) in [5, 5.41) is 6.18. The molecule has 2 fully saturated rings. The summed E-state index contributed by atoms with van der Waals surface area (Å²) in [4.78, 5) is 2.49. The quantitative estimate of drug-likeness (QED) is 0.788. The zero-order valence-electron chi connectivity index (χ0n) is 10.7. The molecule has 1 aromatic heterocycles. The van der Waals surface area contributed by atoms with E-state index in [-0.39, 0.29) is 10.7 Å². The highest BCUT2D eigenvalue weighted by molar-refractivity contribution is 7.89. The highest BCUT2D eigenvalue weighted by Crippen LogP contribution is 2.26. The van der Waals surface area contributed by atoms with Gasteiger partial charge in [0.05, 0.1) is 6.20 Å². The van der Waals surface area contributed by atoms with Crippen LogP contribution >= 0.6 is 0 Å². The first-order valence-corrected chi connectivity index (χ1v) is 8.06. The van der Waals surface area contributed by atoms with Crippen LogP contribution in [0.5, 0.6) is 0 Å². The van der Waals surface area contributed by atoms with Crippen LogP contribution in [0.3, 0.4) is 0 Å². The Morgan fingerprint density at radius 2 is 2.16 bits per heavy atom. The number of H-pyrrole nitrogens is 1. The van der Waals surface area contributed by atoms with Gasteiger partial charge in [-0.3, -0.25) is 10.00 Å². The summed E-state index contributed by atoms with van der Waals surface area (Å²) in [6.45, 7) is 2.99. The summed E-state index contributed by atoms with van der Waals surface area (Å²) in [5.74, 6) is 0.117. The van der Waals surface area contributed by atoms with Crippen LogP contribution in [0.15, 0.2) is 11.1 Å². The van der Waals surface area contributed by atoms with Crippen molar-refractivity contribution in [3.63, 3.8) is 0 Å². The lowest BCUT2D eigenvalue weighted by Gasteiger charge is -2.43. The van der Waals surface area contributed by atoms with Crippen molar-refractivity contribution in [2.24, 2.45) is 0 Å². The fraction of sp³-hybridized carbons (Fsp3) is 0.727. The lowest BCUT2D eigenvalue weighted by Crippen LogP contribution is -2.56. The largest absolute Gasteiger partial charge is 0.383 e. The van der Waals surface area contributed by atoms with E-state index in [0.29, 0.717) is 19.1 Å². The van der Waals surface area contributed by atoms with Gasteiger partial charge >= 0.3 is 0 Å². The Balaban J connectivity index is 1.81. The Labute approximate surface area is 112 Å². The van der Waals surface area contributed by atoms with Crippen molar-refractivity contribution in [2.45, 2.75) is 30.2 Å². The predicted molar refractivity (Wildman–Crippen MR) is 71.0 cm³/mol. The molecule has 1 atom stereocenters. The van der Waals surface area contributed by atoms with Gasteiger partial charge in [-0.2, -0.15) is 9.40 Å². The minimum Gasteiger partial charge on any atom is -0.383 e. The van der Waals surface area contributed by atoms with Crippen molar-refractivity contribution in [1.29, 1.82) is 0 Å². The van der Waals surface area contributed by atoms with E-state index in [1.807, 2.05) is 0 Å². The van der Waals surface area contributed by atoms with Crippen LogP contribution in [0.25, 0.3) is 0 Å². The summed E-state index contributed by atoms with van der Waals surface area (Å²) in [7, 11) is -3.51. The Hall–Kier alpha value is -1.12. The Morgan fingerprint density at radius 3 is 2.89 bits per heavy atom. The molecule has 8 heteroatoms. The van der Waals surface area contributed by atoms with Crippen molar-refractivity contribution >= 4 is 15.8 Å². The zero-order chi connectivity index (χ0) is 13.5. The van der Waals surface area contributed by atoms with Crippen molar-refractivity contribution in [2.75, 3.05) is 31.9 Å². The normalized spacial score (nSPS) is 26.2. The second-order valence-electron chi connectivity index (χ2n) is 5.20. The van der Waals surface area contributed by atoms with Gasteiger partial charge in [0, 0.05) is 25.7 Å². The molecule has 2 saturated heterocycles. The zero-order valence-corrected chi connectivity index (χ0v) is 11.6. The second-order valence-corrected chi connectivity index (χ2v) is 7.10. The summed E-state index contributed by atoms with van der Waals surface area (Å²) >= 11 is 0. The first-order valence-electron chi connectivity index (χ1n) is 6.62. The molecule has 7 nitrogen and oxygen atoms in total. The predicted octanol–water partition coefficient (Wildman–Crippen LogP) is -0.149.